The van der Waals surface area contributed by atoms with Crippen LogP contribution in [0.2, 0.25) is 5.02 Å². The first-order valence-electron chi connectivity index (χ1n) is 9.63. The van der Waals surface area contributed by atoms with E-state index in [0.29, 0.717) is 16.3 Å². The molecule has 3 rings (SSSR count). The quantitative estimate of drug-likeness (QED) is 0.715. The molecule has 7 heteroatoms. The zero-order valence-corrected chi connectivity index (χ0v) is 17.2. The second-order valence-electron chi connectivity index (χ2n) is 7.16. The zero-order chi connectivity index (χ0) is 20.0. The first kappa shape index (κ1) is 20.7. The molecule has 1 saturated carbocycles. The van der Waals surface area contributed by atoms with Gasteiger partial charge in [-0.3, -0.25) is 9.52 Å². The number of hydrogen-bond acceptors (Lipinski definition) is 3. The van der Waals surface area contributed by atoms with Gasteiger partial charge in [-0.25, -0.2) is 8.42 Å². The average molecular weight is 421 g/mol. The zero-order valence-electron chi connectivity index (χ0n) is 15.7. The number of amides is 1. The van der Waals surface area contributed by atoms with Crippen molar-refractivity contribution in [3.63, 3.8) is 0 Å². The number of carbonyl (C=O) groups is 1. The van der Waals surface area contributed by atoms with Crippen LogP contribution in [-0.2, 0) is 10.0 Å². The molecule has 2 aromatic rings. The SMILES string of the molecule is O=C(NC1CCCCCCC1)c1cccc(NS(=O)(=O)c2ccc(Cl)cc2)c1. The highest BCUT2D eigenvalue weighted by Crippen LogP contribution is 2.20. The lowest BCUT2D eigenvalue weighted by atomic mass is 9.96. The summed E-state index contributed by atoms with van der Waals surface area (Å²) in [5.41, 5.74) is 0.790. The van der Waals surface area contributed by atoms with Gasteiger partial charge in [0.25, 0.3) is 15.9 Å². The molecule has 0 bridgehead atoms. The molecule has 0 aromatic heterocycles. The van der Waals surface area contributed by atoms with E-state index in [4.69, 9.17) is 11.6 Å². The Morgan fingerprint density at radius 3 is 2.25 bits per heavy atom. The van der Waals surface area contributed by atoms with E-state index in [2.05, 4.69) is 10.0 Å². The molecular weight excluding hydrogens is 396 g/mol. The van der Waals surface area contributed by atoms with Gasteiger partial charge in [-0.15, -0.1) is 0 Å². The molecular formula is C21H25ClN2O3S. The van der Waals surface area contributed by atoms with Crippen LogP contribution >= 0.6 is 11.6 Å². The normalized spacial score (nSPS) is 16.0. The van der Waals surface area contributed by atoms with Crippen LogP contribution in [0.4, 0.5) is 5.69 Å². The Morgan fingerprint density at radius 2 is 1.57 bits per heavy atom. The smallest absolute Gasteiger partial charge is 0.261 e. The van der Waals surface area contributed by atoms with Gasteiger partial charge in [-0.2, -0.15) is 0 Å². The minimum absolute atomic E-state index is 0.112. The highest BCUT2D eigenvalue weighted by molar-refractivity contribution is 7.92. The molecule has 1 aliphatic carbocycles. The molecule has 0 atom stereocenters. The van der Waals surface area contributed by atoms with Crippen LogP contribution < -0.4 is 10.0 Å². The fourth-order valence-corrected chi connectivity index (χ4v) is 4.60. The molecule has 0 aliphatic heterocycles. The largest absolute Gasteiger partial charge is 0.349 e. The van der Waals surface area contributed by atoms with Gasteiger partial charge >= 0.3 is 0 Å². The molecule has 0 unspecified atom stereocenters. The fourth-order valence-electron chi connectivity index (χ4n) is 3.42. The van der Waals surface area contributed by atoms with E-state index in [9.17, 15) is 13.2 Å². The Morgan fingerprint density at radius 1 is 0.929 bits per heavy atom. The van der Waals surface area contributed by atoms with E-state index in [0.717, 1.165) is 25.7 Å². The second-order valence-corrected chi connectivity index (χ2v) is 9.27. The Balaban J connectivity index is 1.69. The standard InChI is InChI=1S/C21H25ClN2O3S/c22-17-11-13-20(14-12-17)28(26,27)24-19-10-6-7-16(15-19)21(25)23-18-8-4-2-1-3-5-9-18/h6-7,10-15,18,24H,1-5,8-9H2,(H,23,25). The minimum Gasteiger partial charge on any atom is -0.349 e. The summed E-state index contributed by atoms with van der Waals surface area (Å²) in [6.45, 7) is 0. The minimum atomic E-state index is -3.75. The Hall–Kier alpha value is -2.05. The third kappa shape index (κ3) is 5.72. The Bertz CT molecular complexity index is 906. The van der Waals surface area contributed by atoms with Crippen LogP contribution in [-0.4, -0.2) is 20.4 Å². The number of carbonyl (C=O) groups excluding carboxylic acids is 1. The van der Waals surface area contributed by atoms with Crippen LogP contribution in [0, 0.1) is 0 Å². The molecule has 1 fully saturated rings. The summed E-state index contributed by atoms with van der Waals surface area (Å²) in [6, 6.07) is 12.7. The fraction of sp³-hybridized carbons (Fsp3) is 0.381. The molecule has 1 aliphatic rings. The van der Waals surface area contributed by atoms with Gasteiger partial charge in [0, 0.05) is 22.3 Å². The Labute approximate surface area is 171 Å². The van der Waals surface area contributed by atoms with Crippen LogP contribution in [0.3, 0.4) is 0 Å². The van der Waals surface area contributed by atoms with Crippen molar-refractivity contribution in [1.82, 2.24) is 5.32 Å². The van der Waals surface area contributed by atoms with Gasteiger partial charge in [0.2, 0.25) is 0 Å². The van der Waals surface area contributed by atoms with E-state index in [1.54, 1.807) is 24.3 Å². The van der Waals surface area contributed by atoms with Crippen molar-refractivity contribution in [2.45, 2.75) is 55.9 Å². The molecule has 2 N–H and O–H groups in total. The maximum Gasteiger partial charge on any atom is 0.261 e. The topological polar surface area (TPSA) is 75.3 Å². The van der Waals surface area contributed by atoms with E-state index < -0.39 is 10.0 Å². The van der Waals surface area contributed by atoms with E-state index in [-0.39, 0.29) is 16.8 Å². The monoisotopic (exact) mass is 420 g/mol. The van der Waals surface area contributed by atoms with Gasteiger partial charge < -0.3 is 5.32 Å². The number of rotatable bonds is 5. The van der Waals surface area contributed by atoms with Crippen molar-refractivity contribution >= 4 is 33.2 Å². The molecule has 28 heavy (non-hydrogen) atoms. The summed E-state index contributed by atoms with van der Waals surface area (Å²) in [4.78, 5) is 12.7. The lowest BCUT2D eigenvalue weighted by Crippen LogP contribution is -2.35. The van der Waals surface area contributed by atoms with Gasteiger partial charge in [-0.1, -0.05) is 49.8 Å². The third-order valence-electron chi connectivity index (χ3n) is 4.94. The van der Waals surface area contributed by atoms with Crippen LogP contribution in [0.25, 0.3) is 0 Å². The van der Waals surface area contributed by atoms with Crippen molar-refractivity contribution < 1.29 is 13.2 Å². The summed E-state index contributed by atoms with van der Waals surface area (Å²) in [5, 5.41) is 3.56. The number of halogens is 1. The predicted molar refractivity (Wildman–Crippen MR) is 112 cm³/mol. The molecule has 0 radical (unpaired) electrons. The van der Waals surface area contributed by atoms with Crippen molar-refractivity contribution in [3.05, 3.63) is 59.1 Å². The molecule has 2 aromatic carbocycles. The number of nitrogens with one attached hydrogen (secondary N) is 2. The molecule has 5 nitrogen and oxygen atoms in total. The summed E-state index contributed by atoms with van der Waals surface area (Å²) < 4.78 is 27.6. The van der Waals surface area contributed by atoms with E-state index in [1.807, 2.05) is 0 Å². The lowest BCUT2D eigenvalue weighted by molar-refractivity contribution is 0.0930. The molecule has 0 spiro atoms. The number of sulfonamides is 1. The van der Waals surface area contributed by atoms with Crippen molar-refractivity contribution in [1.29, 1.82) is 0 Å². The maximum absolute atomic E-state index is 12.6. The highest BCUT2D eigenvalue weighted by atomic mass is 35.5. The van der Waals surface area contributed by atoms with Gasteiger partial charge in [0.1, 0.15) is 0 Å². The van der Waals surface area contributed by atoms with Gasteiger partial charge in [0.15, 0.2) is 0 Å². The maximum atomic E-state index is 12.6. The van der Waals surface area contributed by atoms with Crippen molar-refractivity contribution in [2.24, 2.45) is 0 Å². The summed E-state index contributed by atoms with van der Waals surface area (Å²) in [5.74, 6) is -0.168. The van der Waals surface area contributed by atoms with Crippen LogP contribution in [0.15, 0.2) is 53.4 Å². The van der Waals surface area contributed by atoms with Gasteiger partial charge in [0.05, 0.1) is 4.90 Å². The van der Waals surface area contributed by atoms with Crippen LogP contribution in [0.5, 0.6) is 0 Å². The third-order valence-corrected chi connectivity index (χ3v) is 6.59. The van der Waals surface area contributed by atoms with Crippen molar-refractivity contribution in [3.8, 4) is 0 Å². The van der Waals surface area contributed by atoms with Crippen LogP contribution in [0.1, 0.15) is 55.3 Å². The van der Waals surface area contributed by atoms with Crippen molar-refractivity contribution in [2.75, 3.05) is 4.72 Å². The van der Waals surface area contributed by atoms with E-state index in [1.165, 1.54) is 43.5 Å². The molecule has 1 amide bonds. The summed E-state index contributed by atoms with van der Waals surface area (Å²) in [6.07, 6.45) is 7.96. The van der Waals surface area contributed by atoms with Gasteiger partial charge in [-0.05, 0) is 55.3 Å². The molecule has 150 valence electrons. The second kappa shape index (κ2) is 9.43. The molecule has 0 saturated heterocycles. The average Bonchev–Trinajstić information content (AvgIpc) is 2.64. The first-order valence-corrected chi connectivity index (χ1v) is 11.5. The van der Waals surface area contributed by atoms with E-state index >= 15 is 0 Å². The number of benzene rings is 2. The summed E-state index contributed by atoms with van der Waals surface area (Å²) in [7, 11) is -3.75. The number of hydrogen-bond donors (Lipinski definition) is 2. The lowest BCUT2D eigenvalue weighted by Gasteiger charge is -2.21. The number of anilines is 1. The highest BCUT2D eigenvalue weighted by Gasteiger charge is 2.17. The summed E-state index contributed by atoms with van der Waals surface area (Å²) >= 11 is 5.82. The first-order chi connectivity index (χ1) is 13.4. The Kier molecular flexibility index (Phi) is 6.97. The predicted octanol–water partition coefficient (Wildman–Crippen LogP) is 4.98. The molecule has 0 heterocycles.